The number of anilines is 1. The summed E-state index contributed by atoms with van der Waals surface area (Å²) in [5.74, 6) is -0.174. The summed E-state index contributed by atoms with van der Waals surface area (Å²) in [5.41, 5.74) is 1.57. The first-order valence-corrected chi connectivity index (χ1v) is 6.85. The predicted octanol–water partition coefficient (Wildman–Crippen LogP) is 2.97. The number of aldehydes is 1. The maximum atomic E-state index is 13.2. The third-order valence-corrected chi connectivity index (χ3v) is 3.16. The van der Waals surface area contributed by atoms with Gasteiger partial charge in [-0.2, -0.15) is 0 Å². The minimum atomic E-state index is -0.432. The normalized spacial score (nSPS) is 10.0. The van der Waals surface area contributed by atoms with Crippen molar-refractivity contribution >= 4 is 17.9 Å². The van der Waals surface area contributed by atoms with Gasteiger partial charge in [-0.05, 0) is 42.8 Å². The first kappa shape index (κ1) is 16.5. The maximum absolute atomic E-state index is 13.2. The van der Waals surface area contributed by atoms with Gasteiger partial charge in [-0.15, -0.1) is 0 Å². The molecule has 0 heterocycles. The molecule has 2 rings (SSSR count). The van der Waals surface area contributed by atoms with Gasteiger partial charge >= 0.3 is 0 Å². The number of methoxy groups -OCH3 is 1. The first-order valence-electron chi connectivity index (χ1n) is 6.85. The van der Waals surface area contributed by atoms with Gasteiger partial charge in [0.1, 0.15) is 12.1 Å². The highest BCUT2D eigenvalue weighted by Crippen LogP contribution is 2.27. The fraction of sp³-hybridized carbons (Fsp3) is 0.176. The van der Waals surface area contributed by atoms with Crippen LogP contribution >= 0.6 is 0 Å². The van der Waals surface area contributed by atoms with E-state index in [1.807, 2.05) is 0 Å². The number of nitrogens with one attached hydrogen (secondary N) is 1. The van der Waals surface area contributed by atoms with Crippen LogP contribution in [0.4, 0.5) is 10.1 Å². The minimum Gasteiger partial charge on any atom is -0.493 e. The van der Waals surface area contributed by atoms with Gasteiger partial charge in [0.25, 0.3) is 5.91 Å². The smallest absolute Gasteiger partial charge is 0.262 e. The average Bonchev–Trinajstić information content (AvgIpc) is 2.56. The summed E-state index contributed by atoms with van der Waals surface area (Å²) >= 11 is 0. The summed E-state index contributed by atoms with van der Waals surface area (Å²) in [7, 11) is 1.44. The third kappa shape index (κ3) is 4.29. The van der Waals surface area contributed by atoms with E-state index in [-0.39, 0.29) is 6.61 Å². The van der Waals surface area contributed by atoms with E-state index < -0.39 is 11.7 Å². The van der Waals surface area contributed by atoms with E-state index in [1.165, 1.54) is 25.3 Å². The van der Waals surface area contributed by atoms with Crippen molar-refractivity contribution in [3.63, 3.8) is 0 Å². The van der Waals surface area contributed by atoms with Crippen LogP contribution in [0, 0.1) is 12.7 Å². The predicted molar refractivity (Wildman–Crippen MR) is 83.6 cm³/mol. The van der Waals surface area contributed by atoms with Crippen LogP contribution in [0.5, 0.6) is 11.5 Å². The summed E-state index contributed by atoms with van der Waals surface area (Å²) in [6.45, 7) is 1.49. The topological polar surface area (TPSA) is 64.6 Å². The number of hydrogen-bond acceptors (Lipinski definition) is 4. The molecule has 0 bridgehead atoms. The van der Waals surface area contributed by atoms with Gasteiger partial charge < -0.3 is 14.8 Å². The standard InChI is InChI=1S/C17H16FNO4/c1-11-3-5-13(18)8-14(11)19-17(21)10-23-15-6-4-12(9-20)7-16(15)22-2/h3-9H,10H2,1-2H3,(H,19,21). The number of ether oxygens (including phenoxy) is 2. The zero-order valence-electron chi connectivity index (χ0n) is 12.8. The fourth-order valence-corrected chi connectivity index (χ4v) is 1.94. The second-order valence-electron chi connectivity index (χ2n) is 4.82. The SMILES string of the molecule is COc1cc(C=O)ccc1OCC(=O)Nc1cc(F)ccc1C. The number of rotatable bonds is 6. The first-order chi connectivity index (χ1) is 11.0. The summed E-state index contributed by atoms with van der Waals surface area (Å²) in [5, 5.41) is 2.58. The van der Waals surface area contributed by atoms with E-state index in [4.69, 9.17) is 9.47 Å². The molecular formula is C17H16FNO4. The van der Waals surface area contributed by atoms with Crippen molar-refractivity contribution in [2.45, 2.75) is 6.92 Å². The van der Waals surface area contributed by atoms with Crippen LogP contribution in [0.25, 0.3) is 0 Å². The monoisotopic (exact) mass is 317 g/mol. The second-order valence-corrected chi connectivity index (χ2v) is 4.82. The zero-order chi connectivity index (χ0) is 16.8. The maximum Gasteiger partial charge on any atom is 0.262 e. The number of aryl methyl sites for hydroxylation is 1. The van der Waals surface area contributed by atoms with E-state index in [2.05, 4.69) is 5.32 Å². The number of hydrogen-bond donors (Lipinski definition) is 1. The van der Waals surface area contributed by atoms with E-state index in [9.17, 15) is 14.0 Å². The van der Waals surface area contributed by atoms with Crippen LogP contribution < -0.4 is 14.8 Å². The molecule has 6 heteroatoms. The van der Waals surface area contributed by atoms with Crippen LogP contribution in [0.1, 0.15) is 15.9 Å². The molecule has 120 valence electrons. The lowest BCUT2D eigenvalue weighted by atomic mass is 10.2. The molecule has 0 aliphatic carbocycles. The van der Waals surface area contributed by atoms with Gasteiger partial charge in [0.2, 0.25) is 0 Å². The third-order valence-electron chi connectivity index (χ3n) is 3.16. The number of benzene rings is 2. The Morgan fingerprint density at radius 1 is 1.22 bits per heavy atom. The fourth-order valence-electron chi connectivity index (χ4n) is 1.94. The quantitative estimate of drug-likeness (QED) is 0.832. The largest absolute Gasteiger partial charge is 0.493 e. The number of amides is 1. The summed E-state index contributed by atoms with van der Waals surface area (Å²) in [4.78, 5) is 22.6. The molecule has 0 fully saturated rings. The molecule has 0 aromatic heterocycles. The van der Waals surface area contributed by atoms with Gasteiger partial charge in [-0.1, -0.05) is 6.07 Å². The van der Waals surface area contributed by atoms with Crippen LogP contribution in [0.2, 0.25) is 0 Å². The molecule has 1 amide bonds. The molecule has 0 spiro atoms. The van der Waals surface area contributed by atoms with Gasteiger partial charge in [-0.25, -0.2) is 4.39 Å². The Bertz CT molecular complexity index is 731. The average molecular weight is 317 g/mol. The van der Waals surface area contributed by atoms with E-state index in [0.717, 1.165) is 5.56 Å². The van der Waals surface area contributed by atoms with E-state index in [0.29, 0.717) is 29.0 Å². The lowest BCUT2D eigenvalue weighted by molar-refractivity contribution is -0.118. The molecule has 0 saturated heterocycles. The molecule has 0 atom stereocenters. The number of halogens is 1. The molecule has 0 radical (unpaired) electrons. The van der Waals surface area contributed by atoms with Crippen LogP contribution in [-0.4, -0.2) is 25.9 Å². The molecule has 0 aliphatic rings. The Morgan fingerprint density at radius 2 is 2.00 bits per heavy atom. The van der Waals surface area contributed by atoms with Gasteiger partial charge in [0, 0.05) is 11.3 Å². The van der Waals surface area contributed by atoms with Crippen LogP contribution in [0.15, 0.2) is 36.4 Å². The lowest BCUT2D eigenvalue weighted by Gasteiger charge is -2.12. The second kappa shape index (κ2) is 7.40. The molecule has 0 saturated carbocycles. The van der Waals surface area contributed by atoms with Crippen molar-refractivity contribution in [3.8, 4) is 11.5 Å². The molecule has 1 N–H and O–H groups in total. The molecule has 2 aromatic carbocycles. The molecular weight excluding hydrogens is 301 g/mol. The van der Waals surface area contributed by atoms with Crippen LogP contribution in [0.3, 0.4) is 0 Å². The van der Waals surface area contributed by atoms with Crippen molar-refractivity contribution in [2.75, 3.05) is 19.0 Å². The highest BCUT2D eigenvalue weighted by Gasteiger charge is 2.10. The van der Waals surface area contributed by atoms with Gasteiger partial charge in [0.15, 0.2) is 18.1 Å². The Hall–Kier alpha value is -2.89. The number of carbonyl (C=O) groups excluding carboxylic acids is 2. The highest BCUT2D eigenvalue weighted by molar-refractivity contribution is 5.92. The Balaban J connectivity index is 2.02. The van der Waals surface area contributed by atoms with E-state index >= 15 is 0 Å². The van der Waals surface area contributed by atoms with E-state index in [1.54, 1.807) is 25.1 Å². The van der Waals surface area contributed by atoms with Gasteiger partial charge in [0.05, 0.1) is 7.11 Å². The van der Waals surface area contributed by atoms with Gasteiger partial charge in [-0.3, -0.25) is 9.59 Å². The van der Waals surface area contributed by atoms with Crippen LogP contribution in [-0.2, 0) is 4.79 Å². The molecule has 0 aliphatic heterocycles. The minimum absolute atomic E-state index is 0.271. The summed E-state index contributed by atoms with van der Waals surface area (Å²) < 4.78 is 23.7. The van der Waals surface area contributed by atoms with Crippen molar-refractivity contribution in [1.82, 2.24) is 0 Å². The Kier molecular flexibility index (Phi) is 5.30. The summed E-state index contributed by atoms with van der Waals surface area (Å²) in [6, 6.07) is 8.75. The van der Waals surface area contributed by atoms with Crippen molar-refractivity contribution in [3.05, 3.63) is 53.3 Å². The Morgan fingerprint density at radius 3 is 2.70 bits per heavy atom. The zero-order valence-corrected chi connectivity index (χ0v) is 12.8. The number of carbonyl (C=O) groups is 2. The highest BCUT2D eigenvalue weighted by atomic mass is 19.1. The molecule has 23 heavy (non-hydrogen) atoms. The van der Waals surface area contributed by atoms with Crippen molar-refractivity contribution in [2.24, 2.45) is 0 Å². The Labute approximate surface area is 133 Å². The molecule has 0 unspecified atom stereocenters. The lowest BCUT2D eigenvalue weighted by Crippen LogP contribution is -2.21. The van der Waals surface area contributed by atoms with Crippen molar-refractivity contribution < 1.29 is 23.5 Å². The molecule has 5 nitrogen and oxygen atoms in total. The molecule has 2 aromatic rings. The van der Waals surface area contributed by atoms with Crippen molar-refractivity contribution in [1.29, 1.82) is 0 Å². The summed E-state index contributed by atoms with van der Waals surface area (Å²) in [6.07, 6.45) is 0.686.